The third kappa shape index (κ3) is 2.81. The summed E-state index contributed by atoms with van der Waals surface area (Å²) in [7, 11) is 1.53. The molecule has 4 heteroatoms. The average Bonchev–Trinajstić information content (AvgIpc) is 2.35. The molecule has 0 bridgehead atoms. The van der Waals surface area contributed by atoms with Crippen molar-refractivity contribution in [2.24, 2.45) is 0 Å². The van der Waals surface area contributed by atoms with Crippen molar-refractivity contribution in [2.75, 3.05) is 7.05 Å². The molecule has 1 unspecified atom stereocenters. The molecule has 0 aromatic heterocycles. The number of carbonyl (C=O) groups excluding carboxylic acids is 1. The summed E-state index contributed by atoms with van der Waals surface area (Å²) < 4.78 is 12.2. The van der Waals surface area contributed by atoms with E-state index >= 15 is 0 Å². The van der Waals surface area contributed by atoms with E-state index in [0.29, 0.717) is 11.1 Å². The summed E-state index contributed by atoms with van der Waals surface area (Å²) in [5, 5.41) is 2.49. The van der Waals surface area contributed by atoms with Crippen LogP contribution in [0.1, 0.15) is 28.9 Å². The maximum atomic E-state index is 12.2. The fourth-order valence-corrected chi connectivity index (χ4v) is 1.28. The fraction of sp³-hybridized carbons (Fsp3) is 0.250. The molecule has 0 aliphatic heterocycles. The maximum Gasteiger partial charge on any atom is 0.251 e. The highest BCUT2D eigenvalue weighted by molar-refractivity contribution is 5.94. The lowest BCUT2D eigenvalue weighted by atomic mass is 10.1. The summed E-state index contributed by atoms with van der Waals surface area (Å²) in [6.07, 6.45) is -0.949. The molecule has 0 spiro atoms. The van der Waals surface area contributed by atoms with Gasteiger partial charge in [-0.3, -0.25) is 4.79 Å². The lowest BCUT2D eigenvalue weighted by molar-refractivity contribution is -0.160. The second-order valence-electron chi connectivity index (χ2n) is 3.07. The van der Waals surface area contributed by atoms with Crippen molar-refractivity contribution in [3.8, 4) is 11.8 Å². The number of hydrogen-bond donors (Lipinski definition) is 1. The topological polar surface area (TPSA) is 38.3 Å². The molecule has 0 saturated carbocycles. The van der Waals surface area contributed by atoms with Gasteiger partial charge in [0.15, 0.2) is 6.10 Å². The fourth-order valence-electron chi connectivity index (χ4n) is 1.28. The van der Waals surface area contributed by atoms with Crippen molar-refractivity contribution in [3.63, 3.8) is 0 Å². The first-order chi connectivity index (χ1) is 7.72. The van der Waals surface area contributed by atoms with Gasteiger partial charge >= 0.3 is 0 Å². The van der Waals surface area contributed by atoms with Gasteiger partial charge < -0.3 is 5.32 Å². The summed E-state index contributed by atoms with van der Waals surface area (Å²) in [6, 6.07) is 6.49. The first-order valence-corrected chi connectivity index (χ1v) is 4.74. The van der Waals surface area contributed by atoms with E-state index in [4.69, 9.17) is 0 Å². The van der Waals surface area contributed by atoms with Crippen molar-refractivity contribution in [1.29, 1.82) is 0 Å². The van der Waals surface area contributed by atoms with Crippen LogP contribution in [0.3, 0.4) is 0 Å². The van der Waals surface area contributed by atoms with E-state index in [1.807, 2.05) is 0 Å². The predicted octanol–water partition coefficient (Wildman–Crippen LogP) is 2.01. The van der Waals surface area contributed by atoms with Crippen molar-refractivity contribution in [2.45, 2.75) is 13.0 Å². The Bertz CT molecular complexity index is 434. The van der Waals surface area contributed by atoms with E-state index < -0.39 is 6.10 Å². The van der Waals surface area contributed by atoms with Crippen molar-refractivity contribution < 1.29 is 14.3 Å². The molecule has 1 amide bonds. The third-order valence-electron chi connectivity index (χ3n) is 2.04. The Kier molecular flexibility index (Phi) is 4.49. The van der Waals surface area contributed by atoms with Crippen molar-refractivity contribution in [1.82, 2.24) is 5.32 Å². The molecule has 3 nitrogen and oxygen atoms in total. The Morgan fingerprint density at radius 1 is 1.56 bits per heavy atom. The molecule has 0 fully saturated rings. The van der Waals surface area contributed by atoms with Crippen LogP contribution in [0.25, 0.3) is 0 Å². The van der Waals surface area contributed by atoms with Crippen molar-refractivity contribution in [3.05, 3.63) is 35.4 Å². The van der Waals surface area contributed by atoms with Crippen molar-refractivity contribution >= 4 is 5.91 Å². The summed E-state index contributed by atoms with van der Waals surface area (Å²) >= 11 is 0. The number of halogens is 1. The van der Waals surface area contributed by atoms with Crippen LogP contribution in [0, 0.1) is 11.8 Å². The normalized spacial score (nSPS) is 11.2. The molecule has 0 heterocycles. The molecule has 0 aliphatic rings. The third-order valence-corrected chi connectivity index (χ3v) is 2.04. The van der Waals surface area contributed by atoms with Crippen LogP contribution >= 0.6 is 0 Å². The molecule has 0 saturated heterocycles. The smallest absolute Gasteiger partial charge is 0.251 e. The van der Waals surface area contributed by atoms with Crippen LogP contribution < -0.4 is 5.32 Å². The molecule has 1 aromatic carbocycles. The number of amides is 1. The SMILES string of the molecule is CC#CC(OF)c1cccc(C(=O)NC)c1. The molecular weight excluding hydrogens is 209 g/mol. The van der Waals surface area contributed by atoms with Gasteiger partial charge in [-0.25, -0.2) is 0 Å². The number of rotatable bonds is 3. The predicted molar refractivity (Wildman–Crippen MR) is 58.2 cm³/mol. The number of carbonyl (C=O) groups is 1. The van der Waals surface area contributed by atoms with Crippen LogP contribution in [0.15, 0.2) is 24.3 Å². The lowest BCUT2D eigenvalue weighted by Gasteiger charge is -2.07. The minimum absolute atomic E-state index is 0.232. The first kappa shape index (κ1) is 12.2. The largest absolute Gasteiger partial charge is 0.355 e. The van der Waals surface area contributed by atoms with Crippen LogP contribution in [-0.2, 0) is 4.94 Å². The van der Waals surface area contributed by atoms with Gasteiger partial charge in [-0.2, -0.15) is 4.94 Å². The van der Waals surface area contributed by atoms with Gasteiger partial charge in [-0.1, -0.05) is 18.1 Å². The second kappa shape index (κ2) is 5.89. The molecule has 0 aliphatic carbocycles. The van der Waals surface area contributed by atoms with Crippen LogP contribution in [-0.4, -0.2) is 13.0 Å². The number of nitrogens with one attached hydrogen (secondary N) is 1. The zero-order valence-electron chi connectivity index (χ0n) is 9.08. The minimum atomic E-state index is -0.949. The number of hydrogen-bond acceptors (Lipinski definition) is 2. The minimum Gasteiger partial charge on any atom is -0.355 e. The van der Waals surface area contributed by atoms with Gasteiger partial charge in [-0.05, 0) is 29.1 Å². The zero-order chi connectivity index (χ0) is 12.0. The van der Waals surface area contributed by atoms with E-state index in [1.165, 1.54) is 7.05 Å². The van der Waals surface area contributed by atoms with Gasteiger partial charge in [0.25, 0.3) is 5.91 Å². The molecule has 1 atom stereocenters. The Hall–Kier alpha value is -1.86. The van der Waals surface area contributed by atoms with E-state index in [0.717, 1.165) is 0 Å². The number of benzene rings is 1. The van der Waals surface area contributed by atoms with E-state index in [2.05, 4.69) is 22.1 Å². The summed E-state index contributed by atoms with van der Waals surface area (Å²) in [4.78, 5) is 15.1. The Morgan fingerprint density at radius 3 is 2.88 bits per heavy atom. The second-order valence-corrected chi connectivity index (χ2v) is 3.07. The zero-order valence-corrected chi connectivity index (χ0v) is 9.08. The summed E-state index contributed by atoms with van der Waals surface area (Å²) in [5.74, 6) is 4.89. The lowest BCUT2D eigenvalue weighted by Crippen LogP contribution is -2.18. The quantitative estimate of drug-likeness (QED) is 0.793. The monoisotopic (exact) mass is 221 g/mol. The highest BCUT2D eigenvalue weighted by Gasteiger charge is 2.11. The van der Waals surface area contributed by atoms with E-state index in [1.54, 1.807) is 31.2 Å². The van der Waals surface area contributed by atoms with Gasteiger partial charge in [-0.15, -0.1) is 5.92 Å². The molecule has 1 aromatic rings. The standard InChI is InChI=1S/C12H12FNO2/c1-3-5-11(16-13)9-6-4-7-10(8-9)12(15)14-2/h4,6-8,11H,1-2H3,(H,14,15). The van der Waals surface area contributed by atoms with Crippen LogP contribution in [0.5, 0.6) is 0 Å². The molecule has 0 radical (unpaired) electrons. The van der Waals surface area contributed by atoms with Gasteiger partial charge in [0.05, 0.1) is 0 Å². The molecule has 16 heavy (non-hydrogen) atoms. The molecule has 1 rings (SSSR count). The van der Waals surface area contributed by atoms with Gasteiger partial charge in [0.2, 0.25) is 0 Å². The first-order valence-electron chi connectivity index (χ1n) is 4.74. The highest BCUT2D eigenvalue weighted by atomic mass is 19.3. The maximum absolute atomic E-state index is 12.2. The molecule has 84 valence electrons. The van der Waals surface area contributed by atoms with E-state index in [9.17, 15) is 9.32 Å². The van der Waals surface area contributed by atoms with Gasteiger partial charge in [0, 0.05) is 12.6 Å². The molecular formula is C12H12FNO2. The van der Waals surface area contributed by atoms with E-state index in [-0.39, 0.29) is 5.91 Å². The Morgan fingerprint density at radius 2 is 2.31 bits per heavy atom. The summed E-state index contributed by atoms with van der Waals surface area (Å²) in [5.41, 5.74) is 0.956. The molecule has 1 N–H and O–H groups in total. The Balaban J connectivity index is 3.04. The summed E-state index contributed by atoms with van der Waals surface area (Å²) in [6.45, 7) is 1.59. The Labute approximate surface area is 93.5 Å². The van der Waals surface area contributed by atoms with Crippen LogP contribution in [0.2, 0.25) is 0 Å². The highest BCUT2D eigenvalue weighted by Crippen LogP contribution is 2.18. The average molecular weight is 221 g/mol. The van der Waals surface area contributed by atoms with Gasteiger partial charge in [0.1, 0.15) is 0 Å². The van der Waals surface area contributed by atoms with Crippen LogP contribution in [0.4, 0.5) is 4.53 Å².